The molecule has 0 unspecified atom stereocenters. The molecular formula is C23H29BN2O5. The topological polar surface area (TPSA) is 89.9 Å². The summed E-state index contributed by atoms with van der Waals surface area (Å²) in [4.78, 5) is 16.4. The highest BCUT2D eigenvalue weighted by Crippen LogP contribution is 2.38. The van der Waals surface area contributed by atoms with Crippen LogP contribution in [0, 0.1) is 0 Å². The van der Waals surface area contributed by atoms with Crippen LogP contribution in [0.1, 0.15) is 44.5 Å². The minimum absolute atomic E-state index is 0.122. The van der Waals surface area contributed by atoms with E-state index in [1.165, 1.54) is 0 Å². The van der Waals surface area contributed by atoms with Gasteiger partial charge >= 0.3 is 13.2 Å². The zero-order valence-electron chi connectivity index (χ0n) is 18.4. The highest BCUT2D eigenvalue weighted by atomic mass is 16.7. The summed E-state index contributed by atoms with van der Waals surface area (Å²) in [5.74, 6) is 0. The van der Waals surface area contributed by atoms with Crippen LogP contribution in [0.25, 0.3) is 6.08 Å². The molecule has 0 spiro atoms. The van der Waals surface area contributed by atoms with Gasteiger partial charge in [-0.3, -0.25) is 4.98 Å². The van der Waals surface area contributed by atoms with Crippen LogP contribution in [0.4, 0.5) is 4.79 Å². The molecule has 1 amide bonds. The van der Waals surface area contributed by atoms with Crippen LogP contribution in [-0.4, -0.2) is 41.0 Å². The fourth-order valence-corrected chi connectivity index (χ4v) is 2.97. The van der Waals surface area contributed by atoms with Crippen molar-refractivity contribution in [3.8, 4) is 0 Å². The van der Waals surface area contributed by atoms with Crippen LogP contribution in [0.3, 0.4) is 0 Å². The van der Waals surface area contributed by atoms with Gasteiger partial charge in [-0.15, -0.1) is 0 Å². The standard InChI is InChI=1S/C23H29BN2O5/c1-22(2)23(3,4)31-24(30-22)19(12-18-10-11-20(15-27)25-13-18)14-26-21(28)29-16-17-8-6-5-7-9-17/h5-13,27H,14-16H2,1-4H3,(H,26,28). The fraction of sp³-hybridized carbons (Fsp3) is 0.391. The van der Waals surface area contributed by atoms with Crippen molar-refractivity contribution in [2.45, 2.75) is 52.1 Å². The molecule has 1 aliphatic heterocycles. The summed E-state index contributed by atoms with van der Waals surface area (Å²) >= 11 is 0. The van der Waals surface area contributed by atoms with Gasteiger partial charge in [-0.05, 0) is 50.4 Å². The summed E-state index contributed by atoms with van der Waals surface area (Å²) < 4.78 is 17.6. The van der Waals surface area contributed by atoms with E-state index >= 15 is 0 Å². The Morgan fingerprint density at radius 2 is 1.81 bits per heavy atom. The first-order chi connectivity index (χ1) is 14.7. The summed E-state index contributed by atoms with van der Waals surface area (Å²) in [6, 6.07) is 13.1. The van der Waals surface area contributed by atoms with Crippen LogP contribution in [0.2, 0.25) is 0 Å². The molecular weight excluding hydrogens is 395 g/mol. The minimum Gasteiger partial charge on any atom is -0.445 e. The first kappa shape index (κ1) is 23.0. The second-order valence-corrected chi connectivity index (χ2v) is 8.46. The van der Waals surface area contributed by atoms with E-state index in [4.69, 9.17) is 14.0 Å². The number of pyridine rings is 1. The molecule has 164 valence electrons. The molecule has 31 heavy (non-hydrogen) atoms. The molecule has 0 aliphatic carbocycles. The summed E-state index contributed by atoms with van der Waals surface area (Å²) in [5, 5.41) is 12.0. The van der Waals surface area contributed by atoms with Gasteiger partial charge in [-0.1, -0.05) is 42.5 Å². The van der Waals surface area contributed by atoms with Gasteiger partial charge < -0.3 is 24.5 Å². The first-order valence-electron chi connectivity index (χ1n) is 10.3. The molecule has 2 heterocycles. The lowest BCUT2D eigenvalue weighted by atomic mass is 9.77. The largest absolute Gasteiger partial charge is 0.492 e. The number of aliphatic hydroxyl groups excluding tert-OH is 1. The predicted octanol–water partition coefficient (Wildman–Crippen LogP) is 3.52. The number of ether oxygens (including phenoxy) is 1. The lowest BCUT2D eigenvalue weighted by Gasteiger charge is -2.32. The number of aliphatic hydroxyl groups is 1. The van der Waals surface area contributed by atoms with Crippen molar-refractivity contribution in [3.63, 3.8) is 0 Å². The van der Waals surface area contributed by atoms with E-state index in [-0.39, 0.29) is 19.8 Å². The molecule has 2 aromatic rings. The Hall–Kier alpha value is -2.68. The number of alkyl carbamates (subject to hydrolysis) is 1. The molecule has 7 nitrogen and oxygen atoms in total. The van der Waals surface area contributed by atoms with Gasteiger partial charge in [0, 0.05) is 12.7 Å². The van der Waals surface area contributed by atoms with Crippen molar-refractivity contribution in [2.24, 2.45) is 0 Å². The number of amides is 1. The summed E-state index contributed by atoms with van der Waals surface area (Å²) in [6.07, 6.45) is 3.00. The maximum atomic E-state index is 12.2. The highest BCUT2D eigenvalue weighted by Gasteiger charge is 2.52. The van der Waals surface area contributed by atoms with E-state index in [2.05, 4.69) is 10.3 Å². The van der Waals surface area contributed by atoms with Gasteiger partial charge in [0.1, 0.15) is 6.61 Å². The number of carbonyl (C=O) groups excluding carboxylic acids is 1. The van der Waals surface area contributed by atoms with E-state index in [0.29, 0.717) is 5.69 Å². The molecule has 1 saturated heterocycles. The Balaban J connectivity index is 1.71. The maximum absolute atomic E-state index is 12.2. The van der Waals surface area contributed by atoms with Crippen LogP contribution < -0.4 is 5.32 Å². The van der Waals surface area contributed by atoms with Crippen LogP contribution in [-0.2, 0) is 27.3 Å². The normalized spacial score (nSPS) is 17.5. The van der Waals surface area contributed by atoms with Crippen molar-refractivity contribution in [2.75, 3.05) is 6.54 Å². The average Bonchev–Trinajstić information content (AvgIpc) is 2.97. The molecule has 2 N–H and O–H groups in total. The van der Waals surface area contributed by atoms with Gasteiger partial charge in [-0.25, -0.2) is 4.79 Å². The van der Waals surface area contributed by atoms with E-state index in [9.17, 15) is 9.90 Å². The third-order valence-corrected chi connectivity index (χ3v) is 5.57. The molecule has 0 saturated carbocycles. The van der Waals surface area contributed by atoms with Crippen molar-refractivity contribution in [1.82, 2.24) is 10.3 Å². The SMILES string of the molecule is CC1(C)OB(C(=Cc2ccc(CO)nc2)CNC(=O)OCc2ccccc2)OC1(C)C. The predicted molar refractivity (Wildman–Crippen MR) is 119 cm³/mol. The Morgan fingerprint density at radius 1 is 1.13 bits per heavy atom. The molecule has 1 aliphatic rings. The molecule has 0 radical (unpaired) electrons. The molecule has 0 atom stereocenters. The second kappa shape index (κ2) is 9.64. The summed E-state index contributed by atoms with van der Waals surface area (Å²) in [7, 11) is -0.628. The number of nitrogens with one attached hydrogen (secondary N) is 1. The van der Waals surface area contributed by atoms with E-state index in [1.807, 2.05) is 70.2 Å². The number of hydrogen-bond donors (Lipinski definition) is 2. The quantitative estimate of drug-likeness (QED) is 0.662. The zero-order valence-corrected chi connectivity index (χ0v) is 18.4. The van der Waals surface area contributed by atoms with Gasteiger partial charge in [0.25, 0.3) is 0 Å². The van der Waals surface area contributed by atoms with E-state index < -0.39 is 24.4 Å². The third kappa shape index (κ3) is 5.94. The molecule has 8 heteroatoms. The third-order valence-electron chi connectivity index (χ3n) is 5.57. The molecule has 0 bridgehead atoms. The minimum atomic E-state index is -0.628. The Morgan fingerprint density at radius 3 is 2.39 bits per heavy atom. The van der Waals surface area contributed by atoms with E-state index in [1.54, 1.807) is 12.3 Å². The van der Waals surface area contributed by atoms with Gasteiger partial charge in [-0.2, -0.15) is 0 Å². The number of rotatable bonds is 7. The lowest BCUT2D eigenvalue weighted by Crippen LogP contribution is -2.41. The molecule has 1 fully saturated rings. The van der Waals surface area contributed by atoms with Gasteiger partial charge in [0.2, 0.25) is 0 Å². The monoisotopic (exact) mass is 424 g/mol. The van der Waals surface area contributed by atoms with Crippen molar-refractivity contribution >= 4 is 19.3 Å². The van der Waals surface area contributed by atoms with Crippen LogP contribution in [0.15, 0.2) is 54.1 Å². The van der Waals surface area contributed by atoms with Crippen molar-refractivity contribution in [3.05, 3.63) is 71.0 Å². The Bertz CT molecular complexity index is 897. The maximum Gasteiger partial charge on any atom is 0.492 e. The molecule has 3 rings (SSSR count). The number of carbonyl (C=O) groups is 1. The fourth-order valence-electron chi connectivity index (χ4n) is 2.97. The van der Waals surface area contributed by atoms with Crippen molar-refractivity contribution in [1.29, 1.82) is 0 Å². The van der Waals surface area contributed by atoms with E-state index in [0.717, 1.165) is 16.6 Å². The molecule has 1 aromatic heterocycles. The summed E-state index contributed by atoms with van der Waals surface area (Å²) in [5.41, 5.74) is 2.01. The first-order valence-corrected chi connectivity index (χ1v) is 10.3. The number of nitrogens with zero attached hydrogens (tertiary/aromatic N) is 1. The number of benzene rings is 1. The number of hydrogen-bond acceptors (Lipinski definition) is 6. The van der Waals surface area contributed by atoms with Crippen LogP contribution >= 0.6 is 0 Å². The van der Waals surface area contributed by atoms with Crippen molar-refractivity contribution < 1.29 is 23.9 Å². The smallest absolute Gasteiger partial charge is 0.445 e. The lowest BCUT2D eigenvalue weighted by molar-refractivity contribution is 0.00578. The Kier molecular flexibility index (Phi) is 7.15. The average molecular weight is 424 g/mol. The number of aromatic nitrogens is 1. The molecule has 1 aromatic carbocycles. The highest BCUT2D eigenvalue weighted by molar-refractivity contribution is 6.56. The Labute approximate surface area is 183 Å². The van der Waals surface area contributed by atoms with Crippen LogP contribution in [0.5, 0.6) is 0 Å². The summed E-state index contributed by atoms with van der Waals surface area (Å²) in [6.45, 7) is 8.16. The van der Waals surface area contributed by atoms with Gasteiger partial charge in [0.15, 0.2) is 0 Å². The second-order valence-electron chi connectivity index (χ2n) is 8.46. The van der Waals surface area contributed by atoms with Gasteiger partial charge in [0.05, 0.1) is 23.5 Å². The zero-order chi connectivity index (χ0) is 22.5.